The molecule has 1 unspecified atom stereocenters. The summed E-state index contributed by atoms with van der Waals surface area (Å²) in [7, 11) is 1.50. The first-order valence-electron chi connectivity index (χ1n) is 6.03. The number of hydrogen-bond donors (Lipinski definition) is 1. The number of pyridine rings is 1. The molecular formula is C12H14F3N3O2. The number of nitrogens with zero attached hydrogens (tertiary/aromatic N) is 2. The highest BCUT2D eigenvalue weighted by Crippen LogP contribution is 2.29. The van der Waals surface area contributed by atoms with Crippen LogP contribution < -0.4 is 10.2 Å². The van der Waals surface area contributed by atoms with Gasteiger partial charge in [0.05, 0.1) is 18.7 Å². The largest absolute Gasteiger partial charge is 0.417 e. The summed E-state index contributed by atoms with van der Waals surface area (Å²) in [6.45, 7) is 1.06. The van der Waals surface area contributed by atoms with Gasteiger partial charge in [0, 0.05) is 19.8 Å². The van der Waals surface area contributed by atoms with Crippen LogP contribution in [0.1, 0.15) is 5.56 Å². The van der Waals surface area contributed by atoms with E-state index in [0.29, 0.717) is 19.0 Å². The van der Waals surface area contributed by atoms with Crippen molar-refractivity contribution in [1.29, 1.82) is 0 Å². The van der Waals surface area contributed by atoms with E-state index in [2.05, 4.69) is 10.3 Å². The van der Waals surface area contributed by atoms with Crippen LogP contribution in [0.5, 0.6) is 0 Å². The number of ether oxygens (including phenoxy) is 1. The molecule has 20 heavy (non-hydrogen) atoms. The van der Waals surface area contributed by atoms with Gasteiger partial charge in [0.15, 0.2) is 6.10 Å². The Hall–Kier alpha value is -1.83. The lowest BCUT2D eigenvalue weighted by atomic mass is 10.2. The Balaban J connectivity index is 2.09. The molecule has 0 saturated carbocycles. The molecular weight excluding hydrogens is 275 g/mol. The quantitative estimate of drug-likeness (QED) is 0.884. The lowest BCUT2D eigenvalue weighted by Crippen LogP contribution is -2.49. The Bertz CT molecular complexity index is 476. The molecule has 0 aromatic carbocycles. The van der Waals surface area contributed by atoms with E-state index in [0.717, 1.165) is 12.3 Å². The molecule has 1 aromatic rings. The second kappa shape index (κ2) is 5.66. The maximum Gasteiger partial charge on any atom is 0.417 e. The zero-order valence-corrected chi connectivity index (χ0v) is 10.8. The van der Waals surface area contributed by atoms with Crippen molar-refractivity contribution < 1.29 is 22.7 Å². The summed E-state index contributed by atoms with van der Waals surface area (Å²) >= 11 is 0. The first-order valence-corrected chi connectivity index (χ1v) is 6.03. The van der Waals surface area contributed by atoms with Gasteiger partial charge < -0.3 is 15.0 Å². The third-order valence-electron chi connectivity index (χ3n) is 3.00. The highest BCUT2D eigenvalue weighted by Gasteiger charge is 2.31. The van der Waals surface area contributed by atoms with E-state index >= 15 is 0 Å². The lowest BCUT2D eigenvalue weighted by Gasteiger charge is -2.32. The molecule has 1 aliphatic rings. The average molecular weight is 289 g/mol. The Morgan fingerprint density at radius 2 is 2.25 bits per heavy atom. The van der Waals surface area contributed by atoms with Gasteiger partial charge in [-0.3, -0.25) is 4.79 Å². The monoisotopic (exact) mass is 289 g/mol. The number of amides is 1. The van der Waals surface area contributed by atoms with Crippen molar-refractivity contribution in [2.24, 2.45) is 0 Å². The number of rotatable bonds is 2. The standard InChI is InChI=1S/C12H14F3N3O2/c1-16-11(19)9-7-18(4-5-20-9)10-3-2-8(6-17-10)12(13,14)15/h2-3,6,9H,4-5,7H2,1H3,(H,16,19). The summed E-state index contributed by atoms with van der Waals surface area (Å²) in [6, 6.07) is 2.28. The van der Waals surface area contributed by atoms with Crippen LogP contribution in [0, 0.1) is 0 Å². The van der Waals surface area contributed by atoms with Crippen molar-refractivity contribution in [1.82, 2.24) is 10.3 Å². The van der Waals surface area contributed by atoms with Crippen molar-refractivity contribution in [3.63, 3.8) is 0 Å². The van der Waals surface area contributed by atoms with Crippen LogP contribution >= 0.6 is 0 Å². The van der Waals surface area contributed by atoms with E-state index in [4.69, 9.17) is 4.74 Å². The maximum absolute atomic E-state index is 12.4. The average Bonchev–Trinajstić information content (AvgIpc) is 2.46. The molecule has 1 aliphatic heterocycles. The number of carbonyl (C=O) groups excluding carboxylic acids is 1. The van der Waals surface area contributed by atoms with E-state index in [-0.39, 0.29) is 12.5 Å². The molecule has 0 bridgehead atoms. The molecule has 110 valence electrons. The Morgan fingerprint density at radius 3 is 2.80 bits per heavy atom. The van der Waals surface area contributed by atoms with Crippen molar-refractivity contribution >= 4 is 11.7 Å². The predicted molar refractivity (Wildman–Crippen MR) is 65.3 cm³/mol. The van der Waals surface area contributed by atoms with Crippen molar-refractivity contribution in [3.05, 3.63) is 23.9 Å². The third-order valence-corrected chi connectivity index (χ3v) is 3.00. The van der Waals surface area contributed by atoms with Crippen LogP contribution in [0.15, 0.2) is 18.3 Å². The highest BCUT2D eigenvalue weighted by atomic mass is 19.4. The van der Waals surface area contributed by atoms with E-state index in [1.165, 1.54) is 13.1 Å². The van der Waals surface area contributed by atoms with E-state index in [1.54, 1.807) is 4.90 Å². The summed E-state index contributed by atoms with van der Waals surface area (Å²) in [5.41, 5.74) is -0.794. The van der Waals surface area contributed by atoms with Crippen molar-refractivity contribution in [2.45, 2.75) is 12.3 Å². The second-order valence-corrected chi connectivity index (χ2v) is 4.32. The van der Waals surface area contributed by atoms with Crippen LogP contribution in [-0.2, 0) is 15.7 Å². The van der Waals surface area contributed by atoms with Gasteiger partial charge in [-0.15, -0.1) is 0 Å². The minimum atomic E-state index is -4.40. The molecule has 1 N–H and O–H groups in total. The molecule has 0 spiro atoms. The van der Waals surface area contributed by atoms with Crippen molar-refractivity contribution in [3.8, 4) is 0 Å². The van der Waals surface area contributed by atoms with Gasteiger partial charge >= 0.3 is 6.18 Å². The fourth-order valence-corrected chi connectivity index (χ4v) is 1.92. The molecule has 1 saturated heterocycles. The Kier molecular flexibility index (Phi) is 4.12. The SMILES string of the molecule is CNC(=O)C1CN(c2ccc(C(F)(F)F)cn2)CCO1. The molecule has 1 amide bonds. The molecule has 1 aromatic heterocycles. The van der Waals surface area contributed by atoms with E-state index in [1.807, 2.05) is 0 Å². The summed E-state index contributed by atoms with van der Waals surface area (Å²) < 4.78 is 42.6. The number of anilines is 1. The number of halogens is 3. The molecule has 0 radical (unpaired) electrons. The predicted octanol–water partition coefficient (Wildman–Crippen LogP) is 1.05. The maximum atomic E-state index is 12.4. The highest BCUT2D eigenvalue weighted by molar-refractivity contribution is 5.81. The van der Waals surface area contributed by atoms with E-state index < -0.39 is 17.8 Å². The number of carbonyl (C=O) groups is 1. The molecule has 5 nitrogen and oxygen atoms in total. The van der Waals surface area contributed by atoms with E-state index in [9.17, 15) is 18.0 Å². The lowest BCUT2D eigenvalue weighted by molar-refractivity contribution is -0.137. The number of nitrogens with one attached hydrogen (secondary N) is 1. The third kappa shape index (κ3) is 3.19. The number of morpholine rings is 1. The summed E-state index contributed by atoms with van der Waals surface area (Å²) in [4.78, 5) is 17.0. The van der Waals surface area contributed by atoms with Crippen molar-refractivity contribution in [2.75, 3.05) is 31.6 Å². The summed E-state index contributed by atoms with van der Waals surface area (Å²) in [6.07, 6.45) is -4.25. The van der Waals surface area contributed by atoms with Crippen LogP contribution in [0.3, 0.4) is 0 Å². The minimum absolute atomic E-state index is 0.262. The second-order valence-electron chi connectivity index (χ2n) is 4.32. The molecule has 2 heterocycles. The smallest absolute Gasteiger partial charge is 0.365 e. The number of likely N-dealkylation sites (N-methyl/N-ethyl adjacent to an activating group) is 1. The van der Waals surface area contributed by atoms with Gasteiger partial charge in [0.25, 0.3) is 5.91 Å². The zero-order chi connectivity index (χ0) is 14.8. The van der Waals surface area contributed by atoms with Crippen LogP contribution in [-0.4, -0.2) is 43.7 Å². The van der Waals surface area contributed by atoms with Gasteiger partial charge in [0.1, 0.15) is 5.82 Å². The number of aromatic nitrogens is 1. The fraction of sp³-hybridized carbons (Fsp3) is 0.500. The number of hydrogen-bond acceptors (Lipinski definition) is 4. The first kappa shape index (κ1) is 14.6. The fourth-order valence-electron chi connectivity index (χ4n) is 1.92. The van der Waals surface area contributed by atoms with Gasteiger partial charge in [-0.2, -0.15) is 13.2 Å². The molecule has 8 heteroatoms. The summed E-state index contributed by atoms with van der Waals surface area (Å²) in [5, 5.41) is 2.48. The molecule has 0 aliphatic carbocycles. The first-order chi connectivity index (χ1) is 9.41. The zero-order valence-electron chi connectivity index (χ0n) is 10.8. The van der Waals surface area contributed by atoms with Gasteiger partial charge in [-0.05, 0) is 12.1 Å². The van der Waals surface area contributed by atoms with Gasteiger partial charge in [-0.1, -0.05) is 0 Å². The topological polar surface area (TPSA) is 54.5 Å². The van der Waals surface area contributed by atoms with Crippen LogP contribution in [0.2, 0.25) is 0 Å². The minimum Gasteiger partial charge on any atom is -0.365 e. The Morgan fingerprint density at radius 1 is 1.50 bits per heavy atom. The summed E-state index contributed by atoms with van der Waals surface area (Å²) in [5.74, 6) is 0.136. The Labute approximate surface area is 113 Å². The number of alkyl halides is 3. The molecule has 2 rings (SSSR count). The van der Waals surface area contributed by atoms with Crippen LogP contribution in [0.25, 0.3) is 0 Å². The van der Waals surface area contributed by atoms with Gasteiger partial charge in [0.2, 0.25) is 0 Å². The molecule has 1 fully saturated rings. The van der Waals surface area contributed by atoms with Gasteiger partial charge in [-0.25, -0.2) is 4.98 Å². The van der Waals surface area contributed by atoms with Crippen LogP contribution in [0.4, 0.5) is 19.0 Å². The normalized spacial score (nSPS) is 19.8. The molecule has 1 atom stereocenters.